The monoisotopic (exact) mass is 680 g/mol. The molecule has 0 aliphatic carbocycles. The highest BCUT2D eigenvalue weighted by Gasteiger charge is 2.28. The fraction of sp³-hybridized carbons (Fsp3) is 0.476. The van der Waals surface area contributed by atoms with Crippen LogP contribution in [0.1, 0.15) is 121 Å². The van der Waals surface area contributed by atoms with Gasteiger partial charge in [-0.15, -0.1) is 0 Å². The lowest BCUT2D eigenvalue weighted by molar-refractivity contribution is -0.141. The molecule has 0 saturated heterocycles. The molecule has 4 aliphatic heterocycles. The van der Waals surface area contributed by atoms with Gasteiger partial charge in [-0.25, -0.2) is 9.98 Å². The number of ether oxygens (including phenoxy) is 2. The number of aliphatic imine (C=N–C) groups is 2. The van der Waals surface area contributed by atoms with Gasteiger partial charge in [0.25, 0.3) is 0 Å². The molecule has 8 nitrogen and oxygen atoms in total. The van der Waals surface area contributed by atoms with Crippen LogP contribution in [0.25, 0.3) is 24.3 Å². The van der Waals surface area contributed by atoms with Crippen molar-refractivity contribution in [2.75, 3.05) is 14.2 Å². The van der Waals surface area contributed by atoms with Crippen molar-refractivity contribution in [2.45, 2.75) is 121 Å². The van der Waals surface area contributed by atoms with Crippen molar-refractivity contribution in [1.82, 2.24) is 9.13 Å². The number of hydrogen-bond acceptors (Lipinski definition) is 6. The Morgan fingerprint density at radius 1 is 0.660 bits per heavy atom. The van der Waals surface area contributed by atoms with Crippen molar-refractivity contribution in [3.05, 3.63) is 78.0 Å². The Bertz CT molecular complexity index is 2000. The Morgan fingerprint density at radius 3 is 1.74 bits per heavy atom. The van der Waals surface area contributed by atoms with Gasteiger partial charge in [0.05, 0.1) is 43.7 Å². The fourth-order valence-electron chi connectivity index (χ4n) is 7.31. The molecule has 0 N–H and O–H groups in total. The summed E-state index contributed by atoms with van der Waals surface area (Å²) in [5, 5.41) is 2.28. The molecule has 0 saturated carbocycles. The van der Waals surface area contributed by atoms with Crippen LogP contribution in [0, 0.1) is 13.8 Å². The van der Waals surface area contributed by atoms with Crippen LogP contribution >= 0.6 is 0 Å². The summed E-state index contributed by atoms with van der Waals surface area (Å²) in [6, 6.07) is 0. The molecule has 6 heterocycles. The molecule has 2 aromatic heterocycles. The van der Waals surface area contributed by atoms with Crippen molar-refractivity contribution in [2.24, 2.45) is 9.98 Å². The number of nitrogens with zero attached hydrogens (tertiary/aromatic N) is 4. The van der Waals surface area contributed by atoms with E-state index in [1.54, 1.807) is 0 Å². The molecule has 0 unspecified atom stereocenters. The van der Waals surface area contributed by atoms with Gasteiger partial charge >= 0.3 is 11.9 Å². The van der Waals surface area contributed by atoms with Crippen LogP contribution in [-0.4, -0.2) is 46.7 Å². The van der Waals surface area contributed by atoms with Gasteiger partial charge in [0.15, 0.2) is 0 Å². The van der Waals surface area contributed by atoms with Crippen molar-refractivity contribution < 1.29 is 19.1 Å². The minimum atomic E-state index is -0.245. The molecular formula is C42H56N4O4. The van der Waals surface area contributed by atoms with E-state index in [-0.39, 0.29) is 24.8 Å². The van der Waals surface area contributed by atoms with Crippen LogP contribution in [0.5, 0.6) is 0 Å². The van der Waals surface area contributed by atoms with Gasteiger partial charge in [-0.05, 0) is 122 Å². The molecule has 0 amide bonds. The Labute approximate surface area is 298 Å². The summed E-state index contributed by atoms with van der Waals surface area (Å²) in [4.78, 5) is 35.1. The first-order valence-electron chi connectivity index (χ1n) is 18.3. The number of methoxy groups -OCH3 is 2. The summed E-state index contributed by atoms with van der Waals surface area (Å²) in [6.45, 7) is 21.9. The lowest BCUT2D eigenvalue weighted by atomic mass is 9.98. The first kappa shape index (κ1) is 38.3. The van der Waals surface area contributed by atoms with Crippen LogP contribution in [-0.2, 0) is 38.6 Å². The summed E-state index contributed by atoms with van der Waals surface area (Å²) < 4.78 is 14.8. The highest BCUT2D eigenvalue weighted by Crippen LogP contribution is 2.37. The first-order valence-corrected chi connectivity index (χ1v) is 18.3. The smallest absolute Gasteiger partial charge is 0.305 e. The quantitative estimate of drug-likeness (QED) is 0.268. The van der Waals surface area contributed by atoms with Crippen LogP contribution in [0.15, 0.2) is 43.7 Å². The summed E-state index contributed by atoms with van der Waals surface area (Å²) in [6.07, 6.45) is 13.5. The fourth-order valence-corrected chi connectivity index (χ4v) is 7.31. The number of fused-ring (bicyclic) bond motifs is 2. The number of carbonyl (C=O) groups excluding carboxylic acids is 2. The summed E-state index contributed by atoms with van der Waals surface area (Å²) in [7, 11) is 2.86. The zero-order chi connectivity index (χ0) is 36.9. The molecule has 2 aromatic rings. The highest BCUT2D eigenvalue weighted by molar-refractivity contribution is 6.24. The van der Waals surface area contributed by atoms with Crippen LogP contribution in [0.2, 0.25) is 0 Å². The molecule has 4 aliphatic rings. The summed E-state index contributed by atoms with van der Waals surface area (Å²) in [5.41, 5.74) is 15.1. The topological polar surface area (TPSA) is 87.2 Å². The van der Waals surface area contributed by atoms with Crippen LogP contribution in [0.4, 0.5) is 0 Å². The second-order valence-corrected chi connectivity index (χ2v) is 12.9. The molecule has 0 spiro atoms. The van der Waals surface area contributed by atoms with Gasteiger partial charge in [-0.3, -0.25) is 9.59 Å². The lowest BCUT2D eigenvalue weighted by Crippen LogP contribution is -2.33. The van der Waals surface area contributed by atoms with E-state index in [1.807, 2.05) is 13.8 Å². The van der Waals surface area contributed by atoms with E-state index in [2.05, 4.69) is 88.8 Å². The molecule has 6 rings (SSSR count). The second-order valence-electron chi connectivity index (χ2n) is 12.9. The lowest BCUT2D eigenvalue weighted by Gasteiger charge is -2.16. The van der Waals surface area contributed by atoms with E-state index in [0.29, 0.717) is 19.5 Å². The predicted octanol–water partition coefficient (Wildman–Crippen LogP) is 7.70. The second kappa shape index (κ2) is 16.5. The zero-order valence-electron chi connectivity index (χ0n) is 32.4. The molecule has 0 radical (unpaired) electrons. The molecule has 8 heteroatoms. The normalized spacial score (nSPS) is 15.3. The third kappa shape index (κ3) is 7.07. The molecule has 6 bridgehead atoms. The maximum atomic E-state index is 12.4. The Balaban J connectivity index is 0.00000107. The molecule has 0 aromatic carbocycles. The number of allylic oxidation sites excluding steroid dienone is 4. The predicted molar refractivity (Wildman–Crippen MR) is 207 cm³/mol. The van der Waals surface area contributed by atoms with E-state index in [1.165, 1.54) is 42.9 Å². The third-order valence-electron chi connectivity index (χ3n) is 9.93. The SMILES string of the molecule is CC.CCC.CCC1=C(C)C2=NC1=Cc1c(C)c(CCC(=O)OC)c3n1Cn1c(c(C)c(CC)c1=C2)=CC1=NC(=C3)C(CCC(=O)OC)=C1C. The van der Waals surface area contributed by atoms with Crippen molar-refractivity contribution in [3.8, 4) is 0 Å². The summed E-state index contributed by atoms with van der Waals surface area (Å²) in [5.74, 6) is -0.486. The number of hydrogen-bond donors (Lipinski definition) is 0. The van der Waals surface area contributed by atoms with E-state index in [4.69, 9.17) is 19.5 Å². The van der Waals surface area contributed by atoms with Gasteiger partial charge in [-0.2, -0.15) is 0 Å². The summed E-state index contributed by atoms with van der Waals surface area (Å²) >= 11 is 0. The Hall–Kier alpha value is -4.46. The molecule has 0 atom stereocenters. The van der Waals surface area contributed by atoms with Gasteiger partial charge in [-0.1, -0.05) is 48.0 Å². The van der Waals surface area contributed by atoms with E-state index in [9.17, 15) is 9.59 Å². The minimum absolute atomic E-state index is 0.241. The van der Waals surface area contributed by atoms with E-state index < -0.39 is 0 Å². The van der Waals surface area contributed by atoms with Gasteiger partial charge in [0.2, 0.25) is 0 Å². The molecule has 0 fully saturated rings. The highest BCUT2D eigenvalue weighted by atomic mass is 16.5. The largest absolute Gasteiger partial charge is 0.469 e. The van der Waals surface area contributed by atoms with Crippen molar-refractivity contribution in [1.29, 1.82) is 0 Å². The third-order valence-corrected chi connectivity index (χ3v) is 9.93. The molecule has 268 valence electrons. The number of rotatable bonds is 8. The molecular weight excluding hydrogens is 624 g/mol. The number of esters is 2. The minimum Gasteiger partial charge on any atom is -0.469 e. The maximum absolute atomic E-state index is 12.4. The van der Waals surface area contributed by atoms with Gasteiger partial charge < -0.3 is 18.6 Å². The van der Waals surface area contributed by atoms with Crippen LogP contribution in [0.3, 0.4) is 0 Å². The standard InChI is InChI=1S/C37H42N4O4.C3H8.C2H6/c1-9-24-20(3)29-16-34-25(10-2)22(5)32-15-28-21(4)26(11-13-36(42)44-7)31(39-28)18-35-27(12-14-37(43)45-8)23(6)33(17-30(24)38-29)41(35)19-40(32)34;1-3-2;1-2/h15-18H,9-14,19H2,1-8H3;3H2,1-2H3;1-2H3. The van der Waals surface area contributed by atoms with Crippen LogP contribution < -0.4 is 10.7 Å². The van der Waals surface area contributed by atoms with E-state index >= 15 is 0 Å². The zero-order valence-corrected chi connectivity index (χ0v) is 32.4. The average Bonchev–Trinajstić information content (AvgIpc) is 3.74. The number of carbonyl (C=O) groups is 2. The number of aromatic nitrogens is 2. The van der Waals surface area contributed by atoms with E-state index in [0.717, 1.165) is 80.0 Å². The van der Waals surface area contributed by atoms with Crippen molar-refractivity contribution in [3.63, 3.8) is 0 Å². The maximum Gasteiger partial charge on any atom is 0.305 e. The molecule has 50 heavy (non-hydrogen) atoms. The van der Waals surface area contributed by atoms with Gasteiger partial charge in [0.1, 0.15) is 0 Å². The van der Waals surface area contributed by atoms with Gasteiger partial charge in [0, 0.05) is 34.9 Å². The van der Waals surface area contributed by atoms with Crippen molar-refractivity contribution >= 4 is 47.7 Å². The Morgan fingerprint density at radius 2 is 1.18 bits per heavy atom. The Kier molecular flexibility index (Phi) is 12.7. The average molecular weight is 681 g/mol. The first-order chi connectivity index (χ1) is 24.0.